The van der Waals surface area contributed by atoms with Gasteiger partial charge in [-0.25, -0.2) is 19.9 Å². The van der Waals surface area contributed by atoms with Crippen molar-refractivity contribution in [2.24, 2.45) is 0 Å². The molecule has 2 N–H and O–H groups in total. The van der Waals surface area contributed by atoms with Crippen LogP contribution in [0.5, 0.6) is 0 Å². The SMILES string of the molecule is FC(F)(F)c1ccccc1-c1nc(Nc2n[nH]c3ccccc23)c2nccnc2n1. The maximum absolute atomic E-state index is 13.5. The first-order chi connectivity index (χ1) is 14.5. The molecule has 0 fully saturated rings. The third-order valence-corrected chi connectivity index (χ3v) is 4.51. The van der Waals surface area contributed by atoms with Crippen molar-refractivity contribution < 1.29 is 13.2 Å². The third kappa shape index (κ3) is 3.08. The Morgan fingerprint density at radius 1 is 0.833 bits per heavy atom. The van der Waals surface area contributed by atoms with E-state index in [2.05, 4.69) is 35.5 Å². The number of benzene rings is 2. The number of hydrogen-bond acceptors (Lipinski definition) is 6. The molecule has 0 aliphatic heterocycles. The maximum atomic E-state index is 13.5. The highest BCUT2D eigenvalue weighted by molar-refractivity contribution is 5.94. The van der Waals surface area contributed by atoms with Crippen LogP contribution in [0.2, 0.25) is 0 Å². The summed E-state index contributed by atoms with van der Waals surface area (Å²) >= 11 is 0. The summed E-state index contributed by atoms with van der Waals surface area (Å²) < 4.78 is 40.5. The largest absolute Gasteiger partial charge is 0.417 e. The average molecular weight is 407 g/mol. The number of halogens is 3. The molecule has 5 rings (SSSR count). The van der Waals surface area contributed by atoms with Gasteiger partial charge in [-0.05, 0) is 18.2 Å². The van der Waals surface area contributed by atoms with Gasteiger partial charge < -0.3 is 5.32 Å². The Kier molecular flexibility index (Phi) is 4.05. The molecule has 0 saturated carbocycles. The first-order valence-electron chi connectivity index (χ1n) is 8.86. The lowest BCUT2D eigenvalue weighted by atomic mass is 10.1. The summed E-state index contributed by atoms with van der Waals surface area (Å²) in [5.74, 6) is 0.557. The molecule has 2 aromatic carbocycles. The summed E-state index contributed by atoms with van der Waals surface area (Å²) in [4.78, 5) is 17.0. The van der Waals surface area contributed by atoms with Gasteiger partial charge in [-0.3, -0.25) is 5.10 Å². The number of nitrogens with one attached hydrogen (secondary N) is 2. The van der Waals surface area contributed by atoms with E-state index in [1.807, 2.05) is 24.3 Å². The number of aromatic amines is 1. The monoisotopic (exact) mass is 407 g/mol. The molecule has 30 heavy (non-hydrogen) atoms. The van der Waals surface area contributed by atoms with Crippen LogP contribution in [-0.4, -0.2) is 30.1 Å². The normalized spacial score (nSPS) is 11.8. The highest BCUT2D eigenvalue weighted by atomic mass is 19.4. The van der Waals surface area contributed by atoms with E-state index in [9.17, 15) is 13.2 Å². The van der Waals surface area contributed by atoms with Crippen molar-refractivity contribution in [2.75, 3.05) is 5.32 Å². The average Bonchev–Trinajstić information content (AvgIpc) is 3.16. The van der Waals surface area contributed by atoms with Crippen LogP contribution in [0.25, 0.3) is 33.5 Å². The Bertz CT molecular complexity index is 1380. The van der Waals surface area contributed by atoms with Crippen molar-refractivity contribution in [3.8, 4) is 11.4 Å². The van der Waals surface area contributed by atoms with Crippen molar-refractivity contribution in [3.63, 3.8) is 0 Å². The van der Waals surface area contributed by atoms with E-state index in [0.29, 0.717) is 11.3 Å². The van der Waals surface area contributed by atoms with Gasteiger partial charge in [0, 0.05) is 23.3 Å². The number of aromatic nitrogens is 6. The van der Waals surface area contributed by atoms with E-state index in [-0.39, 0.29) is 22.9 Å². The number of nitrogens with zero attached hydrogens (tertiary/aromatic N) is 5. The smallest absolute Gasteiger partial charge is 0.321 e. The number of hydrogen-bond donors (Lipinski definition) is 2. The van der Waals surface area contributed by atoms with Gasteiger partial charge in [0.05, 0.1) is 11.1 Å². The molecule has 3 aromatic heterocycles. The van der Waals surface area contributed by atoms with Crippen molar-refractivity contribution >= 4 is 33.7 Å². The molecule has 5 aromatic rings. The van der Waals surface area contributed by atoms with E-state index in [4.69, 9.17) is 0 Å². The minimum absolute atomic E-state index is 0.113. The zero-order chi connectivity index (χ0) is 20.7. The topological polar surface area (TPSA) is 92.3 Å². The predicted octanol–water partition coefficient (Wildman–Crippen LogP) is 4.73. The number of fused-ring (bicyclic) bond motifs is 2. The van der Waals surface area contributed by atoms with E-state index in [1.165, 1.54) is 30.6 Å². The molecule has 0 saturated heterocycles. The predicted molar refractivity (Wildman–Crippen MR) is 105 cm³/mol. The first-order valence-corrected chi connectivity index (χ1v) is 8.86. The Labute approximate surface area is 167 Å². The Morgan fingerprint density at radius 3 is 2.47 bits per heavy atom. The lowest BCUT2D eigenvalue weighted by molar-refractivity contribution is -0.137. The molecule has 0 radical (unpaired) electrons. The summed E-state index contributed by atoms with van der Waals surface area (Å²) in [6.07, 6.45) is -1.67. The van der Waals surface area contributed by atoms with E-state index < -0.39 is 11.7 Å². The van der Waals surface area contributed by atoms with Gasteiger partial charge in [0.15, 0.2) is 28.6 Å². The van der Waals surface area contributed by atoms with Crippen LogP contribution in [0.15, 0.2) is 60.9 Å². The molecule has 0 unspecified atom stereocenters. The highest BCUT2D eigenvalue weighted by Gasteiger charge is 2.34. The highest BCUT2D eigenvalue weighted by Crippen LogP contribution is 2.37. The molecule has 0 aliphatic carbocycles. The Morgan fingerprint density at radius 2 is 1.60 bits per heavy atom. The van der Waals surface area contributed by atoms with Gasteiger partial charge in [-0.1, -0.05) is 30.3 Å². The summed E-state index contributed by atoms with van der Waals surface area (Å²) in [6, 6.07) is 12.6. The van der Waals surface area contributed by atoms with E-state index >= 15 is 0 Å². The van der Waals surface area contributed by atoms with Crippen molar-refractivity contribution in [1.82, 2.24) is 30.1 Å². The molecule has 148 valence electrons. The minimum atomic E-state index is -4.55. The zero-order valence-corrected chi connectivity index (χ0v) is 15.1. The van der Waals surface area contributed by atoms with Crippen LogP contribution < -0.4 is 5.32 Å². The number of alkyl halides is 3. The summed E-state index contributed by atoms with van der Waals surface area (Å²) in [5, 5.41) is 11.0. The molecule has 0 amide bonds. The number of para-hydroxylation sites is 1. The van der Waals surface area contributed by atoms with Crippen LogP contribution in [-0.2, 0) is 6.18 Å². The van der Waals surface area contributed by atoms with Gasteiger partial charge in [-0.2, -0.15) is 18.3 Å². The molecular weight excluding hydrogens is 395 g/mol. The molecule has 0 aliphatic rings. The number of anilines is 2. The second-order valence-electron chi connectivity index (χ2n) is 6.41. The van der Waals surface area contributed by atoms with Gasteiger partial charge >= 0.3 is 6.18 Å². The number of rotatable bonds is 3. The van der Waals surface area contributed by atoms with Crippen LogP contribution in [0.3, 0.4) is 0 Å². The maximum Gasteiger partial charge on any atom is 0.417 e. The molecule has 0 spiro atoms. The lowest BCUT2D eigenvalue weighted by Crippen LogP contribution is -2.09. The quantitative estimate of drug-likeness (QED) is 0.449. The van der Waals surface area contributed by atoms with Gasteiger partial charge in [0.1, 0.15) is 0 Å². The zero-order valence-electron chi connectivity index (χ0n) is 15.1. The molecule has 10 heteroatoms. The summed E-state index contributed by atoms with van der Waals surface area (Å²) in [7, 11) is 0. The van der Waals surface area contributed by atoms with Crippen LogP contribution >= 0.6 is 0 Å². The summed E-state index contributed by atoms with van der Waals surface area (Å²) in [6.45, 7) is 0. The second-order valence-corrected chi connectivity index (χ2v) is 6.41. The number of H-pyrrole nitrogens is 1. The Balaban J connectivity index is 1.70. The van der Waals surface area contributed by atoms with Crippen LogP contribution in [0, 0.1) is 0 Å². The fraction of sp³-hybridized carbons (Fsp3) is 0.0500. The summed E-state index contributed by atoms with van der Waals surface area (Å²) in [5.41, 5.74) is 0.309. The standard InChI is InChI=1S/C20H12F3N7/c21-20(22,23)13-7-3-1-5-11(13)16-26-18-15(24-9-10-25-18)19(27-16)28-17-12-6-2-4-8-14(12)29-30-17/h1-10H,(H2,25,26,27,28,29,30). The van der Waals surface area contributed by atoms with Crippen molar-refractivity contribution in [1.29, 1.82) is 0 Å². The molecule has 7 nitrogen and oxygen atoms in total. The van der Waals surface area contributed by atoms with Gasteiger partial charge in [-0.15, -0.1) is 0 Å². The van der Waals surface area contributed by atoms with Crippen LogP contribution in [0.1, 0.15) is 5.56 Å². The molecule has 0 bridgehead atoms. The minimum Gasteiger partial charge on any atom is -0.321 e. The first kappa shape index (κ1) is 18.0. The van der Waals surface area contributed by atoms with Gasteiger partial charge in [0.25, 0.3) is 0 Å². The Hall–Kier alpha value is -4.08. The van der Waals surface area contributed by atoms with E-state index in [1.54, 1.807) is 0 Å². The fourth-order valence-electron chi connectivity index (χ4n) is 3.17. The van der Waals surface area contributed by atoms with E-state index in [0.717, 1.165) is 17.0 Å². The molecule has 0 atom stereocenters. The van der Waals surface area contributed by atoms with Gasteiger partial charge in [0.2, 0.25) is 0 Å². The molecule has 3 heterocycles. The second kappa shape index (κ2) is 6.76. The van der Waals surface area contributed by atoms with Crippen molar-refractivity contribution in [3.05, 3.63) is 66.5 Å². The van der Waals surface area contributed by atoms with Crippen LogP contribution in [0.4, 0.5) is 24.8 Å². The lowest BCUT2D eigenvalue weighted by Gasteiger charge is -2.13. The van der Waals surface area contributed by atoms with Crippen molar-refractivity contribution in [2.45, 2.75) is 6.18 Å². The molecular formula is C20H12F3N7. The fourth-order valence-corrected chi connectivity index (χ4v) is 3.17. The third-order valence-electron chi connectivity index (χ3n) is 4.51.